The van der Waals surface area contributed by atoms with Crippen molar-refractivity contribution < 1.29 is 4.74 Å². The summed E-state index contributed by atoms with van der Waals surface area (Å²) in [7, 11) is 0. The zero-order valence-corrected chi connectivity index (χ0v) is 15.4. The lowest BCUT2D eigenvalue weighted by molar-refractivity contribution is 0.278. The van der Waals surface area contributed by atoms with Crippen molar-refractivity contribution in [3.05, 3.63) is 65.2 Å². The molecule has 2 N–H and O–H groups in total. The fourth-order valence-electron chi connectivity index (χ4n) is 3.96. The second kappa shape index (κ2) is 8.70. The molecule has 2 heterocycles. The molecular formula is C21H27ClN2O. The number of halogens is 1. The highest BCUT2D eigenvalue weighted by atomic mass is 35.5. The van der Waals surface area contributed by atoms with E-state index in [4.69, 9.17) is 4.74 Å². The molecule has 2 aliphatic rings. The summed E-state index contributed by atoms with van der Waals surface area (Å²) >= 11 is 0. The van der Waals surface area contributed by atoms with E-state index in [-0.39, 0.29) is 12.4 Å². The molecule has 3 nitrogen and oxygen atoms in total. The molecule has 4 heteroatoms. The van der Waals surface area contributed by atoms with E-state index in [1.54, 1.807) is 0 Å². The van der Waals surface area contributed by atoms with Crippen LogP contribution in [-0.4, -0.2) is 19.2 Å². The first-order chi connectivity index (χ1) is 11.9. The molecule has 0 unspecified atom stereocenters. The van der Waals surface area contributed by atoms with Crippen LogP contribution in [0.4, 0.5) is 0 Å². The Hall–Kier alpha value is -1.55. The van der Waals surface area contributed by atoms with Crippen molar-refractivity contribution in [3.8, 4) is 5.75 Å². The van der Waals surface area contributed by atoms with Crippen molar-refractivity contribution in [2.45, 2.75) is 44.3 Å². The quantitative estimate of drug-likeness (QED) is 0.866. The first kappa shape index (κ1) is 18.2. The highest BCUT2D eigenvalue weighted by Crippen LogP contribution is 2.30. The second-order valence-corrected chi connectivity index (χ2v) is 6.83. The molecule has 2 aromatic rings. The van der Waals surface area contributed by atoms with Crippen molar-refractivity contribution in [3.63, 3.8) is 0 Å². The van der Waals surface area contributed by atoms with Gasteiger partial charge >= 0.3 is 0 Å². The van der Waals surface area contributed by atoms with E-state index in [2.05, 4.69) is 59.2 Å². The molecule has 0 bridgehead atoms. The fourth-order valence-corrected chi connectivity index (χ4v) is 3.96. The van der Waals surface area contributed by atoms with Crippen LogP contribution in [0.25, 0.3) is 0 Å². The van der Waals surface area contributed by atoms with Crippen molar-refractivity contribution in [2.24, 2.45) is 0 Å². The lowest BCUT2D eigenvalue weighted by atomic mass is 9.92. The number of piperidine rings is 1. The lowest BCUT2D eigenvalue weighted by Crippen LogP contribution is -2.45. The summed E-state index contributed by atoms with van der Waals surface area (Å²) in [6.07, 6.45) is 4.71. The zero-order chi connectivity index (χ0) is 16.2. The van der Waals surface area contributed by atoms with Crippen molar-refractivity contribution in [1.82, 2.24) is 10.6 Å². The van der Waals surface area contributed by atoms with Crippen LogP contribution in [-0.2, 0) is 13.0 Å². The summed E-state index contributed by atoms with van der Waals surface area (Å²) in [5.41, 5.74) is 4.03. The van der Waals surface area contributed by atoms with Gasteiger partial charge in [-0.3, -0.25) is 0 Å². The number of fused-ring (bicyclic) bond motifs is 1. The number of benzene rings is 2. The minimum absolute atomic E-state index is 0. The first-order valence-corrected chi connectivity index (χ1v) is 9.17. The molecule has 0 saturated carbocycles. The molecule has 4 rings (SSSR count). The van der Waals surface area contributed by atoms with Crippen molar-refractivity contribution in [2.75, 3.05) is 13.2 Å². The maximum Gasteiger partial charge on any atom is 0.126 e. The lowest BCUT2D eigenvalue weighted by Gasteiger charge is -2.34. The topological polar surface area (TPSA) is 33.3 Å². The summed E-state index contributed by atoms with van der Waals surface area (Å²) in [5, 5.41) is 7.48. The minimum atomic E-state index is 0. The Morgan fingerprint density at radius 3 is 2.80 bits per heavy atom. The number of aryl methyl sites for hydroxylation is 1. The molecule has 134 valence electrons. The number of ether oxygens (including phenoxy) is 1. The normalized spacial score (nSPS) is 22.4. The van der Waals surface area contributed by atoms with E-state index in [0.717, 1.165) is 38.3 Å². The Balaban J connectivity index is 0.00000182. The third-order valence-electron chi connectivity index (χ3n) is 5.19. The van der Waals surface area contributed by atoms with Gasteiger partial charge in [0.15, 0.2) is 0 Å². The Morgan fingerprint density at radius 1 is 1.04 bits per heavy atom. The van der Waals surface area contributed by atoms with Gasteiger partial charge in [-0.25, -0.2) is 0 Å². The Bertz CT molecular complexity index is 677. The maximum absolute atomic E-state index is 5.95. The molecule has 1 fully saturated rings. The van der Waals surface area contributed by atoms with E-state index in [1.165, 1.54) is 29.5 Å². The minimum Gasteiger partial charge on any atom is -0.493 e. The Morgan fingerprint density at radius 2 is 1.92 bits per heavy atom. The summed E-state index contributed by atoms with van der Waals surface area (Å²) in [6.45, 7) is 2.82. The molecular weight excluding hydrogens is 332 g/mol. The second-order valence-electron chi connectivity index (χ2n) is 6.83. The molecule has 2 atom stereocenters. The Labute approximate surface area is 156 Å². The van der Waals surface area contributed by atoms with E-state index in [0.29, 0.717) is 12.1 Å². The molecule has 0 aliphatic carbocycles. The third kappa shape index (κ3) is 4.17. The predicted molar refractivity (Wildman–Crippen MR) is 105 cm³/mol. The fraction of sp³-hybridized carbons (Fsp3) is 0.429. The monoisotopic (exact) mass is 358 g/mol. The summed E-state index contributed by atoms with van der Waals surface area (Å²) in [5.74, 6) is 1.12. The van der Waals surface area contributed by atoms with Crippen LogP contribution in [0, 0.1) is 0 Å². The van der Waals surface area contributed by atoms with Gasteiger partial charge in [-0.15, -0.1) is 12.4 Å². The SMILES string of the molecule is Cl.c1ccc([C@@H]2NCCC[C@@H]2NCc2cccc3c2OCCC3)cc1. The van der Waals surface area contributed by atoms with Gasteiger partial charge in [-0.05, 0) is 43.4 Å². The molecule has 25 heavy (non-hydrogen) atoms. The van der Waals surface area contributed by atoms with Crippen LogP contribution in [0.2, 0.25) is 0 Å². The first-order valence-electron chi connectivity index (χ1n) is 9.17. The van der Waals surface area contributed by atoms with Gasteiger partial charge in [0, 0.05) is 24.2 Å². The summed E-state index contributed by atoms with van der Waals surface area (Å²) in [4.78, 5) is 0. The van der Waals surface area contributed by atoms with Crippen molar-refractivity contribution in [1.29, 1.82) is 0 Å². The van der Waals surface area contributed by atoms with Gasteiger partial charge in [0.2, 0.25) is 0 Å². The third-order valence-corrected chi connectivity index (χ3v) is 5.19. The van der Waals surface area contributed by atoms with Crippen LogP contribution in [0.3, 0.4) is 0 Å². The largest absolute Gasteiger partial charge is 0.493 e. The van der Waals surface area contributed by atoms with Crippen LogP contribution in [0.15, 0.2) is 48.5 Å². The van der Waals surface area contributed by atoms with Gasteiger partial charge in [0.25, 0.3) is 0 Å². The van der Waals surface area contributed by atoms with Crippen LogP contribution in [0.1, 0.15) is 42.0 Å². The molecule has 0 radical (unpaired) electrons. The number of hydrogen-bond donors (Lipinski definition) is 2. The van der Waals surface area contributed by atoms with E-state index >= 15 is 0 Å². The standard InChI is InChI=1S/C21H26N2O.ClH/c1-2-7-16(8-3-1)20-19(12-5-13-22-20)23-15-18-10-4-9-17-11-6-14-24-21(17)18;/h1-4,7-10,19-20,22-23H,5-6,11-15H2;1H/t19-,20-;/m0./s1. The van der Waals surface area contributed by atoms with Gasteiger partial charge in [0.1, 0.15) is 5.75 Å². The smallest absolute Gasteiger partial charge is 0.126 e. The Kier molecular flexibility index (Phi) is 6.35. The number of para-hydroxylation sites is 1. The van der Waals surface area contributed by atoms with E-state index in [9.17, 15) is 0 Å². The molecule has 0 aromatic heterocycles. The molecule has 0 amide bonds. The van der Waals surface area contributed by atoms with Crippen molar-refractivity contribution >= 4 is 12.4 Å². The van der Waals surface area contributed by atoms with Gasteiger partial charge in [0.05, 0.1) is 6.61 Å². The average molecular weight is 359 g/mol. The average Bonchev–Trinajstić information content (AvgIpc) is 2.67. The summed E-state index contributed by atoms with van der Waals surface area (Å²) < 4.78 is 5.95. The zero-order valence-electron chi connectivity index (χ0n) is 14.5. The van der Waals surface area contributed by atoms with Crippen LogP contribution < -0.4 is 15.4 Å². The predicted octanol–water partition coefficient (Wildman–Crippen LogP) is 4.02. The molecule has 2 aromatic carbocycles. The van der Waals surface area contributed by atoms with E-state index in [1.807, 2.05) is 0 Å². The molecule has 1 saturated heterocycles. The highest BCUT2D eigenvalue weighted by molar-refractivity contribution is 5.85. The van der Waals surface area contributed by atoms with Gasteiger partial charge < -0.3 is 15.4 Å². The number of rotatable bonds is 4. The van der Waals surface area contributed by atoms with Gasteiger partial charge in [-0.1, -0.05) is 48.5 Å². The van der Waals surface area contributed by atoms with Gasteiger partial charge in [-0.2, -0.15) is 0 Å². The van der Waals surface area contributed by atoms with Crippen LogP contribution >= 0.6 is 12.4 Å². The highest BCUT2D eigenvalue weighted by Gasteiger charge is 2.26. The van der Waals surface area contributed by atoms with E-state index < -0.39 is 0 Å². The molecule has 0 spiro atoms. The van der Waals surface area contributed by atoms with Crippen LogP contribution in [0.5, 0.6) is 5.75 Å². The molecule has 2 aliphatic heterocycles. The summed E-state index contributed by atoms with van der Waals surface area (Å²) in [6, 6.07) is 18.2. The number of nitrogens with one attached hydrogen (secondary N) is 2. The maximum atomic E-state index is 5.95. The number of hydrogen-bond acceptors (Lipinski definition) is 3.